The molecule has 3 aromatic rings. The van der Waals surface area contributed by atoms with Crippen molar-refractivity contribution in [3.63, 3.8) is 0 Å². The van der Waals surface area contributed by atoms with Gasteiger partial charge in [-0.05, 0) is 34.4 Å². The molecule has 1 aromatic heterocycles. The second-order valence-corrected chi connectivity index (χ2v) is 7.46. The average Bonchev–Trinajstić information content (AvgIpc) is 3.06. The number of carboxylic acids is 1. The monoisotopic (exact) mass is 422 g/mol. The number of carboxylic acid groups (broad SMARTS) is 1. The van der Waals surface area contributed by atoms with Gasteiger partial charge < -0.3 is 15.2 Å². The highest BCUT2D eigenvalue weighted by Gasteiger charge is 2.29. The number of aromatic nitrogens is 1. The molecule has 0 unspecified atom stereocenters. The molecule has 0 saturated carbocycles. The first-order valence-corrected chi connectivity index (χ1v) is 9.85. The average molecular weight is 423 g/mol. The van der Waals surface area contributed by atoms with Gasteiger partial charge in [-0.2, -0.15) is 0 Å². The zero-order chi connectivity index (χ0) is 21.1. The van der Waals surface area contributed by atoms with Crippen molar-refractivity contribution >= 4 is 23.7 Å². The number of aliphatic carboxylic acids is 1. The van der Waals surface area contributed by atoms with Gasteiger partial charge in [0.1, 0.15) is 6.61 Å². The van der Waals surface area contributed by atoms with Crippen LogP contribution in [0.5, 0.6) is 0 Å². The Kier molecular flexibility index (Phi) is 5.68. The molecule has 0 aliphatic heterocycles. The quantitative estimate of drug-likeness (QED) is 0.596. The number of nitrogens with zero attached hydrogens (tertiary/aromatic N) is 1. The molecule has 0 radical (unpaired) electrons. The number of nitrogens with one attached hydrogen (secondary N) is 1. The van der Waals surface area contributed by atoms with Crippen molar-refractivity contribution in [2.45, 2.75) is 18.4 Å². The molecule has 2 N–H and O–H groups in total. The van der Waals surface area contributed by atoms with Crippen molar-refractivity contribution in [2.75, 3.05) is 6.61 Å². The van der Waals surface area contributed by atoms with Crippen LogP contribution >= 0.6 is 11.6 Å². The molecule has 6 nitrogen and oxygen atoms in total. The number of carbonyl (C=O) groups is 2. The van der Waals surface area contributed by atoms with Crippen molar-refractivity contribution < 1.29 is 19.4 Å². The zero-order valence-electron chi connectivity index (χ0n) is 15.9. The predicted octanol–water partition coefficient (Wildman–Crippen LogP) is 4.79. The van der Waals surface area contributed by atoms with Crippen LogP contribution in [0.1, 0.15) is 35.2 Å². The Balaban J connectivity index is 1.47. The summed E-state index contributed by atoms with van der Waals surface area (Å²) < 4.78 is 5.50. The highest BCUT2D eigenvalue weighted by molar-refractivity contribution is 6.30. The minimum Gasteiger partial charge on any atom is -0.481 e. The van der Waals surface area contributed by atoms with E-state index in [9.17, 15) is 14.7 Å². The van der Waals surface area contributed by atoms with E-state index < -0.39 is 18.1 Å². The van der Waals surface area contributed by atoms with Crippen molar-refractivity contribution in [2.24, 2.45) is 0 Å². The summed E-state index contributed by atoms with van der Waals surface area (Å²) in [5.74, 6) is -1.13. The lowest BCUT2D eigenvalue weighted by atomic mass is 9.98. The normalized spacial score (nSPS) is 13.2. The summed E-state index contributed by atoms with van der Waals surface area (Å²) in [5.41, 5.74) is 4.88. The van der Waals surface area contributed by atoms with Gasteiger partial charge >= 0.3 is 12.1 Å². The number of fused-ring (bicyclic) bond motifs is 3. The maximum absolute atomic E-state index is 12.5. The largest absolute Gasteiger partial charge is 0.481 e. The van der Waals surface area contributed by atoms with Crippen LogP contribution in [-0.2, 0) is 9.53 Å². The van der Waals surface area contributed by atoms with Crippen molar-refractivity contribution in [3.8, 4) is 11.1 Å². The summed E-state index contributed by atoms with van der Waals surface area (Å²) in [4.78, 5) is 27.8. The van der Waals surface area contributed by atoms with Crippen LogP contribution in [0.2, 0.25) is 5.02 Å². The SMILES string of the molecule is O=C(O)C[C@@H](NC(=O)OCC1c2ccccc2-c2ccccc21)c1ccc(Cl)cn1. The van der Waals surface area contributed by atoms with Gasteiger partial charge in [-0.3, -0.25) is 9.78 Å². The highest BCUT2D eigenvalue weighted by atomic mass is 35.5. The maximum atomic E-state index is 12.5. The number of halogens is 1. The van der Waals surface area contributed by atoms with E-state index in [0.29, 0.717) is 10.7 Å². The van der Waals surface area contributed by atoms with Gasteiger partial charge in [0, 0.05) is 12.1 Å². The van der Waals surface area contributed by atoms with E-state index >= 15 is 0 Å². The first kappa shape index (κ1) is 19.9. The fourth-order valence-electron chi connectivity index (χ4n) is 3.78. The number of benzene rings is 2. The minimum atomic E-state index is -1.06. The standard InChI is InChI=1S/C23H19ClN2O4/c24-14-9-10-20(25-12-14)21(11-22(27)28)26-23(29)30-13-19-17-7-3-1-5-15(17)16-6-2-4-8-18(16)19/h1-10,12,19,21H,11,13H2,(H,26,29)(H,27,28)/t21-/m1/s1. The maximum Gasteiger partial charge on any atom is 0.407 e. The molecule has 152 valence electrons. The summed E-state index contributed by atoms with van der Waals surface area (Å²) >= 11 is 5.84. The van der Waals surface area contributed by atoms with Gasteiger partial charge in [-0.1, -0.05) is 60.1 Å². The van der Waals surface area contributed by atoms with Crippen molar-refractivity contribution in [1.82, 2.24) is 10.3 Å². The zero-order valence-corrected chi connectivity index (χ0v) is 16.7. The molecule has 2 aromatic carbocycles. The Morgan fingerprint density at radius 1 is 1.03 bits per heavy atom. The number of rotatable bonds is 6. The number of pyridine rings is 1. The Morgan fingerprint density at radius 3 is 2.23 bits per heavy atom. The van der Waals surface area contributed by atoms with E-state index in [4.69, 9.17) is 16.3 Å². The lowest BCUT2D eigenvalue weighted by molar-refractivity contribution is -0.137. The van der Waals surface area contributed by atoms with Gasteiger partial charge in [0.05, 0.1) is 23.2 Å². The van der Waals surface area contributed by atoms with Gasteiger partial charge in [0.2, 0.25) is 0 Å². The van der Waals surface area contributed by atoms with E-state index in [0.717, 1.165) is 22.3 Å². The molecular weight excluding hydrogens is 404 g/mol. The molecule has 7 heteroatoms. The lowest BCUT2D eigenvalue weighted by Crippen LogP contribution is -2.32. The van der Waals surface area contributed by atoms with Crippen LogP contribution in [0.4, 0.5) is 4.79 Å². The third-order valence-corrected chi connectivity index (χ3v) is 5.35. The molecule has 1 aliphatic carbocycles. The summed E-state index contributed by atoms with van der Waals surface area (Å²) in [5, 5.41) is 12.2. The predicted molar refractivity (Wildman–Crippen MR) is 112 cm³/mol. The molecule has 1 heterocycles. The molecule has 0 saturated heterocycles. The second-order valence-electron chi connectivity index (χ2n) is 7.02. The van der Waals surface area contributed by atoms with Crippen molar-refractivity contribution in [1.29, 1.82) is 0 Å². The van der Waals surface area contributed by atoms with Crippen LogP contribution in [0.3, 0.4) is 0 Å². The van der Waals surface area contributed by atoms with Gasteiger partial charge in [0.15, 0.2) is 0 Å². The Bertz CT molecular complexity index is 1040. The molecule has 4 rings (SSSR count). The van der Waals surface area contributed by atoms with Crippen LogP contribution in [0.25, 0.3) is 11.1 Å². The summed E-state index contributed by atoms with van der Waals surface area (Å²) in [6, 6.07) is 18.4. The lowest BCUT2D eigenvalue weighted by Gasteiger charge is -2.18. The molecule has 0 spiro atoms. The minimum absolute atomic E-state index is 0.0743. The summed E-state index contributed by atoms with van der Waals surface area (Å²) in [6.07, 6.45) is 0.393. The number of ether oxygens (including phenoxy) is 1. The third-order valence-electron chi connectivity index (χ3n) is 5.12. The Labute approximate surface area is 178 Å². The molecule has 1 atom stereocenters. The van der Waals surface area contributed by atoms with Crippen LogP contribution in [0.15, 0.2) is 66.9 Å². The fraction of sp³-hybridized carbons (Fsp3) is 0.174. The first-order chi connectivity index (χ1) is 14.5. The van der Waals surface area contributed by atoms with Gasteiger partial charge in [-0.25, -0.2) is 4.79 Å². The fourth-order valence-corrected chi connectivity index (χ4v) is 3.89. The molecule has 0 fully saturated rings. The first-order valence-electron chi connectivity index (χ1n) is 9.47. The van der Waals surface area contributed by atoms with E-state index in [1.54, 1.807) is 12.1 Å². The van der Waals surface area contributed by atoms with Gasteiger partial charge in [-0.15, -0.1) is 0 Å². The molecular formula is C23H19ClN2O4. The highest BCUT2D eigenvalue weighted by Crippen LogP contribution is 2.44. The number of hydrogen-bond acceptors (Lipinski definition) is 4. The number of alkyl carbamates (subject to hydrolysis) is 1. The van der Waals surface area contributed by atoms with Crippen LogP contribution in [0, 0.1) is 0 Å². The topological polar surface area (TPSA) is 88.5 Å². The molecule has 0 bridgehead atoms. The smallest absolute Gasteiger partial charge is 0.407 e. The number of carbonyl (C=O) groups excluding carboxylic acids is 1. The molecule has 30 heavy (non-hydrogen) atoms. The van der Waals surface area contributed by atoms with Gasteiger partial charge in [0.25, 0.3) is 0 Å². The van der Waals surface area contributed by atoms with E-state index in [1.165, 1.54) is 6.20 Å². The summed E-state index contributed by atoms with van der Waals surface area (Å²) in [7, 11) is 0. The Hall–Kier alpha value is -3.38. The van der Waals surface area contributed by atoms with E-state index in [2.05, 4.69) is 22.4 Å². The molecule has 1 amide bonds. The van der Waals surface area contributed by atoms with E-state index in [1.807, 2.05) is 36.4 Å². The van der Waals surface area contributed by atoms with E-state index in [-0.39, 0.29) is 18.9 Å². The van der Waals surface area contributed by atoms with Crippen molar-refractivity contribution in [3.05, 3.63) is 88.7 Å². The summed E-state index contributed by atoms with van der Waals surface area (Å²) in [6.45, 7) is 0.147. The third kappa shape index (κ3) is 4.14. The second kappa shape index (κ2) is 8.55. The number of amides is 1. The van der Waals surface area contributed by atoms with Crippen LogP contribution < -0.4 is 5.32 Å². The molecule has 1 aliphatic rings. The number of hydrogen-bond donors (Lipinski definition) is 2. The Morgan fingerprint density at radius 2 is 1.67 bits per heavy atom. The van der Waals surface area contributed by atoms with Crippen LogP contribution in [-0.4, -0.2) is 28.8 Å².